The van der Waals surface area contributed by atoms with E-state index in [0.29, 0.717) is 23.6 Å². The molecule has 2 aliphatic rings. The molecular weight excluding hydrogens is 340 g/mol. The fourth-order valence-electron chi connectivity index (χ4n) is 3.88. The molecule has 2 fully saturated rings. The fourth-order valence-corrected chi connectivity index (χ4v) is 6.00. The Morgan fingerprint density at radius 2 is 2.08 bits per heavy atom. The van der Waals surface area contributed by atoms with E-state index in [9.17, 15) is 8.42 Å². The molecule has 1 aromatic heterocycles. The summed E-state index contributed by atoms with van der Waals surface area (Å²) in [6.45, 7) is 0.645. The molecular formula is C17H18N4O3S. The highest BCUT2D eigenvalue weighted by Gasteiger charge is 2.49. The molecule has 1 spiro atoms. The van der Waals surface area contributed by atoms with Gasteiger partial charge in [-0.3, -0.25) is 0 Å². The molecule has 130 valence electrons. The number of benzene rings is 1. The molecule has 1 saturated heterocycles. The molecule has 25 heavy (non-hydrogen) atoms. The average Bonchev–Trinajstić information content (AvgIpc) is 3.29. The number of nitriles is 1. The van der Waals surface area contributed by atoms with Crippen molar-refractivity contribution in [3.05, 3.63) is 35.7 Å². The molecule has 0 amide bonds. The Balaban J connectivity index is 1.54. The van der Waals surface area contributed by atoms with Crippen LogP contribution in [0.25, 0.3) is 11.5 Å². The summed E-state index contributed by atoms with van der Waals surface area (Å²) in [6, 6.07) is 8.94. The van der Waals surface area contributed by atoms with Crippen molar-refractivity contribution in [3.63, 3.8) is 0 Å². The van der Waals surface area contributed by atoms with Gasteiger partial charge in [-0.15, -0.1) is 10.2 Å². The van der Waals surface area contributed by atoms with E-state index in [1.54, 1.807) is 24.3 Å². The molecule has 1 aliphatic carbocycles. The van der Waals surface area contributed by atoms with Crippen LogP contribution in [0.5, 0.6) is 0 Å². The molecule has 0 bridgehead atoms. The first-order valence-electron chi connectivity index (χ1n) is 8.31. The molecule has 0 unspecified atom stereocenters. The standard InChI is InChI=1S/C17H18N4O3S/c18-9-13-4-3-5-14(8-13)16-20-19-15(24-16)10-21-11-17(6-1-2-7-17)12-25(21,22)23/h3-5,8H,1-2,6-7,10-12H2. The molecule has 0 radical (unpaired) electrons. The van der Waals surface area contributed by atoms with Gasteiger partial charge in [0.25, 0.3) is 0 Å². The summed E-state index contributed by atoms with van der Waals surface area (Å²) in [5.41, 5.74) is 1.06. The largest absolute Gasteiger partial charge is 0.419 e. The Bertz CT molecular complexity index is 939. The molecule has 0 N–H and O–H groups in total. The number of aromatic nitrogens is 2. The minimum absolute atomic E-state index is 0.0944. The van der Waals surface area contributed by atoms with Crippen LogP contribution in [0.3, 0.4) is 0 Å². The van der Waals surface area contributed by atoms with Gasteiger partial charge >= 0.3 is 0 Å². The van der Waals surface area contributed by atoms with Crippen molar-refractivity contribution >= 4 is 10.0 Å². The maximum atomic E-state index is 12.5. The molecule has 1 aromatic carbocycles. The van der Waals surface area contributed by atoms with Gasteiger partial charge in [-0.25, -0.2) is 8.42 Å². The number of hydrogen-bond acceptors (Lipinski definition) is 6. The summed E-state index contributed by atoms with van der Waals surface area (Å²) in [6.07, 6.45) is 4.14. The van der Waals surface area contributed by atoms with E-state index in [1.165, 1.54) is 4.31 Å². The van der Waals surface area contributed by atoms with Crippen LogP contribution >= 0.6 is 0 Å². The Kier molecular flexibility index (Phi) is 3.85. The van der Waals surface area contributed by atoms with Crippen LogP contribution in [-0.4, -0.2) is 35.2 Å². The lowest BCUT2D eigenvalue weighted by molar-refractivity contribution is 0.270. The second-order valence-corrected chi connectivity index (χ2v) is 8.89. The number of hydrogen-bond donors (Lipinski definition) is 0. The lowest BCUT2D eigenvalue weighted by Gasteiger charge is -2.20. The maximum Gasteiger partial charge on any atom is 0.247 e. The van der Waals surface area contributed by atoms with Gasteiger partial charge in [0.1, 0.15) is 0 Å². The summed E-state index contributed by atoms with van der Waals surface area (Å²) < 4.78 is 32.1. The Morgan fingerprint density at radius 3 is 2.84 bits per heavy atom. The normalized spacial score (nSPS) is 21.6. The zero-order valence-electron chi connectivity index (χ0n) is 13.7. The highest BCUT2D eigenvalue weighted by Crippen LogP contribution is 2.45. The minimum Gasteiger partial charge on any atom is -0.419 e. The third-order valence-corrected chi connectivity index (χ3v) is 7.10. The van der Waals surface area contributed by atoms with Crippen molar-refractivity contribution in [1.29, 1.82) is 5.26 Å². The second-order valence-electron chi connectivity index (χ2n) is 6.92. The molecule has 7 nitrogen and oxygen atoms in total. The first kappa shape index (κ1) is 16.2. The topological polar surface area (TPSA) is 100 Å². The number of rotatable bonds is 3. The van der Waals surface area contributed by atoms with Crippen molar-refractivity contribution in [1.82, 2.24) is 14.5 Å². The van der Waals surface area contributed by atoms with E-state index >= 15 is 0 Å². The van der Waals surface area contributed by atoms with Crippen molar-refractivity contribution in [2.24, 2.45) is 5.41 Å². The zero-order valence-corrected chi connectivity index (χ0v) is 14.5. The Hall–Kier alpha value is -2.24. The van der Waals surface area contributed by atoms with Gasteiger partial charge < -0.3 is 4.42 Å². The van der Waals surface area contributed by atoms with Crippen LogP contribution in [0, 0.1) is 16.7 Å². The van der Waals surface area contributed by atoms with Crippen LogP contribution in [0.4, 0.5) is 0 Å². The Labute approximate surface area is 146 Å². The van der Waals surface area contributed by atoms with Crippen molar-refractivity contribution in [2.45, 2.75) is 32.2 Å². The molecule has 2 heterocycles. The van der Waals surface area contributed by atoms with E-state index in [4.69, 9.17) is 9.68 Å². The first-order valence-corrected chi connectivity index (χ1v) is 9.91. The summed E-state index contributed by atoms with van der Waals surface area (Å²) >= 11 is 0. The van der Waals surface area contributed by atoms with Crippen LogP contribution in [0.2, 0.25) is 0 Å². The molecule has 4 rings (SSSR count). The summed E-state index contributed by atoms with van der Waals surface area (Å²) in [7, 11) is -3.28. The van der Waals surface area contributed by atoms with E-state index in [0.717, 1.165) is 25.7 Å². The second kappa shape index (κ2) is 5.93. The summed E-state index contributed by atoms with van der Waals surface area (Å²) in [4.78, 5) is 0. The third-order valence-electron chi connectivity index (χ3n) is 5.08. The Morgan fingerprint density at radius 1 is 1.28 bits per heavy atom. The maximum absolute atomic E-state index is 12.5. The fraction of sp³-hybridized carbons (Fsp3) is 0.471. The number of nitrogens with zero attached hydrogens (tertiary/aromatic N) is 4. The quantitative estimate of drug-likeness (QED) is 0.835. The zero-order chi connectivity index (χ0) is 17.5. The van der Waals surface area contributed by atoms with E-state index in [2.05, 4.69) is 16.3 Å². The molecule has 1 saturated carbocycles. The first-order chi connectivity index (χ1) is 12.0. The van der Waals surface area contributed by atoms with Crippen LogP contribution in [0.1, 0.15) is 37.1 Å². The summed E-state index contributed by atoms with van der Waals surface area (Å²) in [5.74, 6) is 0.792. The highest BCUT2D eigenvalue weighted by molar-refractivity contribution is 7.89. The number of sulfonamides is 1. The highest BCUT2D eigenvalue weighted by atomic mass is 32.2. The molecule has 0 atom stereocenters. The van der Waals surface area contributed by atoms with Crippen molar-refractivity contribution in [3.8, 4) is 17.5 Å². The van der Waals surface area contributed by atoms with Gasteiger partial charge in [0.05, 0.1) is 23.9 Å². The van der Waals surface area contributed by atoms with E-state index < -0.39 is 10.0 Å². The lowest BCUT2D eigenvalue weighted by Crippen LogP contribution is -2.27. The predicted molar refractivity (Wildman–Crippen MR) is 89.5 cm³/mol. The molecule has 8 heteroatoms. The predicted octanol–water partition coefficient (Wildman–Crippen LogP) is 2.31. The van der Waals surface area contributed by atoms with Gasteiger partial charge in [-0.05, 0) is 36.5 Å². The lowest BCUT2D eigenvalue weighted by atomic mass is 9.89. The summed E-state index contributed by atoms with van der Waals surface area (Å²) in [5, 5.41) is 17.0. The third kappa shape index (κ3) is 3.05. The van der Waals surface area contributed by atoms with E-state index in [-0.39, 0.29) is 23.6 Å². The van der Waals surface area contributed by atoms with Gasteiger partial charge in [0.15, 0.2) is 0 Å². The molecule has 1 aliphatic heterocycles. The minimum atomic E-state index is -3.28. The van der Waals surface area contributed by atoms with Crippen LogP contribution in [0.15, 0.2) is 28.7 Å². The van der Waals surface area contributed by atoms with Crippen molar-refractivity contribution in [2.75, 3.05) is 12.3 Å². The van der Waals surface area contributed by atoms with Crippen LogP contribution in [-0.2, 0) is 16.6 Å². The van der Waals surface area contributed by atoms with Gasteiger partial charge in [0, 0.05) is 12.1 Å². The van der Waals surface area contributed by atoms with E-state index in [1.807, 2.05) is 0 Å². The van der Waals surface area contributed by atoms with Gasteiger partial charge in [-0.2, -0.15) is 9.57 Å². The average molecular weight is 358 g/mol. The van der Waals surface area contributed by atoms with Gasteiger partial charge in [-0.1, -0.05) is 18.9 Å². The van der Waals surface area contributed by atoms with Crippen LogP contribution < -0.4 is 0 Å². The SMILES string of the molecule is N#Cc1cccc(-c2nnc(CN3CC4(CCCC4)CS3(=O)=O)o2)c1. The van der Waals surface area contributed by atoms with Crippen molar-refractivity contribution < 1.29 is 12.8 Å². The molecule has 2 aromatic rings. The van der Waals surface area contributed by atoms with Gasteiger partial charge in [0.2, 0.25) is 21.8 Å². The smallest absolute Gasteiger partial charge is 0.247 e. The monoisotopic (exact) mass is 358 g/mol.